The number of hydrogen-bond donors (Lipinski definition) is 1. The lowest BCUT2D eigenvalue weighted by atomic mass is 10.1. The van der Waals surface area contributed by atoms with E-state index in [1.165, 1.54) is 22.5 Å². The Hall–Kier alpha value is -3.04. The highest BCUT2D eigenvalue weighted by molar-refractivity contribution is 7.89. The van der Waals surface area contributed by atoms with Crippen molar-refractivity contribution in [3.8, 4) is 0 Å². The number of sulfonamides is 1. The maximum atomic E-state index is 13.1. The first-order valence-corrected chi connectivity index (χ1v) is 12.1. The summed E-state index contributed by atoms with van der Waals surface area (Å²) in [7, 11) is -3.63. The van der Waals surface area contributed by atoms with Gasteiger partial charge in [0, 0.05) is 37.2 Å². The number of imide groups is 1. The number of hydrogen-bond acceptors (Lipinski definition) is 5. The van der Waals surface area contributed by atoms with Crippen molar-refractivity contribution in [3.63, 3.8) is 0 Å². The molecule has 0 saturated carbocycles. The summed E-state index contributed by atoms with van der Waals surface area (Å²) in [6.45, 7) is 2.75. The van der Waals surface area contributed by atoms with E-state index < -0.39 is 15.9 Å². The second kappa shape index (κ2) is 8.84. The van der Waals surface area contributed by atoms with Crippen LogP contribution in [-0.2, 0) is 19.6 Å². The molecule has 0 aromatic heterocycles. The van der Waals surface area contributed by atoms with Gasteiger partial charge in [0.1, 0.15) is 0 Å². The first-order chi connectivity index (χ1) is 15.3. The SMILES string of the molecule is Cc1ccc(NC(=O)c2ccc(N3C(=O)CCC3=O)cc2)cc1S(=O)(=O)N1CCCCC1. The van der Waals surface area contributed by atoms with E-state index in [4.69, 9.17) is 0 Å². The van der Waals surface area contributed by atoms with Gasteiger partial charge in [0.25, 0.3) is 5.91 Å². The molecule has 0 aliphatic carbocycles. The third kappa shape index (κ3) is 4.31. The van der Waals surface area contributed by atoms with E-state index in [1.54, 1.807) is 31.2 Å². The van der Waals surface area contributed by atoms with Gasteiger partial charge in [-0.2, -0.15) is 4.31 Å². The normalized spacial score (nSPS) is 17.6. The van der Waals surface area contributed by atoms with Crippen LogP contribution in [0.25, 0.3) is 0 Å². The van der Waals surface area contributed by atoms with Crippen molar-refractivity contribution in [1.82, 2.24) is 4.31 Å². The summed E-state index contributed by atoms with van der Waals surface area (Å²) in [6.07, 6.45) is 3.10. The van der Waals surface area contributed by atoms with Crippen molar-refractivity contribution in [2.45, 2.75) is 43.9 Å². The maximum Gasteiger partial charge on any atom is 0.255 e. The van der Waals surface area contributed by atoms with E-state index in [0.717, 1.165) is 24.2 Å². The lowest BCUT2D eigenvalue weighted by molar-refractivity contribution is -0.121. The molecule has 2 heterocycles. The van der Waals surface area contributed by atoms with E-state index in [9.17, 15) is 22.8 Å². The minimum atomic E-state index is -3.63. The molecule has 2 aliphatic heterocycles. The fourth-order valence-electron chi connectivity index (χ4n) is 4.03. The molecule has 8 nitrogen and oxygen atoms in total. The van der Waals surface area contributed by atoms with Gasteiger partial charge < -0.3 is 5.32 Å². The Balaban J connectivity index is 1.52. The van der Waals surface area contributed by atoms with Crippen LogP contribution in [0.5, 0.6) is 0 Å². The zero-order valence-electron chi connectivity index (χ0n) is 17.8. The predicted molar refractivity (Wildman–Crippen MR) is 120 cm³/mol. The van der Waals surface area contributed by atoms with Gasteiger partial charge in [-0.15, -0.1) is 0 Å². The van der Waals surface area contributed by atoms with Crippen LogP contribution in [0.1, 0.15) is 48.0 Å². The fourth-order valence-corrected chi connectivity index (χ4v) is 5.80. The number of carbonyl (C=O) groups excluding carboxylic acids is 3. The van der Waals surface area contributed by atoms with Crippen LogP contribution in [0.4, 0.5) is 11.4 Å². The summed E-state index contributed by atoms with van der Waals surface area (Å²) in [4.78, 5) is 37.8. The van der Waals surface area contributed by atoms with Crippen LogP contribution in [0.15, 0.2) is 47.4 Å². The van der Waals surface area contributed by atoms with Gasteiger partial charge >= 0.3 is 0 Å². The van der Waals surface area contributed by atoms with Crippen molar-refractivity contribution in [3.05, 3.63) is 53.6 Å². The van der Waals surface area contributed by atoms with Crippen molar-refractivity contribution >= 4 is 39.1 Å². The highest BCUT2D eigenvalue weighted by atomic mass is 32.2. The van der Waals surface area contributed by atoms with Crippen LogP contribution < -0.4 is 10.2 Å². The molecule has 0 unspecified atom stereocenters. The molecule has 168 valence electrons. The first kappa shape index (κ1) is 22.2. The lowest BCUT2D eigenvalue weighted by Gasteiger charge is -2.26. The summed E-state index contributed by atoms with van der Waals surface area (Å²) in [6, 6.07) is 11.0. The minimum absolute atomic E-state index is 0.192. The molecule has 0 bridgehead atoms. The number of amides is 3. The average Bonchev–Trinajstić information content (AvgIpc) is 3.13. The van der Waals surface area contributed by atoms with Crippen LogP contribution in [0, 0.1) is 6.92 Å². The Labute approximate surface area is 187 Å². The second-order valence-electron chi connectivity index (χ2n) is 8.07. The van der Waals surface area contributed by atoms with Crippen molar-refractivity contribution in [1.29, 1.82) is 0 Å². The molecule has 32 heavy (non-hydrogen) atoms. The van der Waals surface area contributed by atoms with Gasteiger partial charge in [-0.25, -0.2) is 8.42 Å². The monoisotopic (exact) mass is 455 g/mol. The molecule has 0 atom stereocenters. The van der Waals surface area contributed by atoms with Gasteiger partial charge in [0.15, 0.2) is 0 Å². The van der Waals surface area contributed by atoms with Crippen LogP contribution in [0.3, 0.4) is 0 Å². The number of carbonyl (C=O) groups is 3. The van der Waals surface area contributed by atoms with Crippen LogP contribution in [0.2, 0.25) is 0 Å². The molecular formula is C23H25N3O5S. The first-order valence-electron chi connectivity index (χ1n) is 10.7. The number of rotatable bonds is 5. The van der Waals surface area contributed by atoms with E-state index in [1.807, 2.05) is 0 Å². The number of anilines is 2. The largest absolute Gasteiger partial charge is 0.322 e. The van der Waals surface area contributed by atoms with Gasteiger partial charge in [-0.3, -0.25) is 19.3 Å². The van der Waals surface area contributed by atoms with Crippen molar-refractivity contribution < 1.29 is 22.8 Å². The Kier molecular flexibility index (Phi) is 6.12. The standard InChI is InChI=1S/C23H25N3O5S/c1-16-5-8-18(15-20(16)32(30,31)25-13-3-2-4-14-25)24-23(29)17-6-9-19(10-7-17)26-21(27)11-12-22(26)28/h5-10,15H,2-4,11-14H2,1H3,(H,24,29). The van der Waals surface area contributed by atoms with E-state index in [0.29, 0.717) is 35.6 Å². The molecule has 2 aliphatic rings. The topological polar surface area (TPSA) is 104 Å². The third-order valence-electron chi connectivity index (χ3n) is 5.82. The summed E-state index contributed by atoms with van der Waals surface area (Å²) in [5.41, 5.74) is 1.76. The highest BCUT2D eigenvalue weighted by Crippen LogP contribution is 2.27. The van der Waals surface area contributed by atoms with Crippen LogP contribution in [-0.4, -0.2) is 43.5 Å². The lowest BCUT2D eigenvalue weighted by Crippen LogP contribution is -2.36. The van der Waals surface area contributed by atoms with E-state index in [2.05, 4.69) is 5.32 Å². The highest BCUT2D eigenvalue weighted by Gasteiger charge is 2.30. The summed E-state index contributed by atoms with van der Waals surface area (Å²) in [5, 5.41) is 2.74. The van der Waals surface area contributed by atoms with Crippen molar-refractivity contribution in [2.24, 2.45) is 0 Å². The quantitative estimate of drug-likeness (QED) is 0.698. The number of piperidine rings is 1. The zero-order chi connectivity index (χ0) is 22.9. The Morgan fingerprint density at radius 3 is 2.16 bits per heavy atom. The average molecular weight is 456 g/mol. The number of nitrogens with zero attached hydrogens (tertiary/aromatic N) is 2. The predicted octanol–water partition coefficient (Wildman–Crippen LogP) is 3.08. The number of benzene rings is 2. The smallest absolute Gasteiger partial charge is 0.255 e. The fraction of sp³-hybridized carbons (Fsp3) is 0.348. The molecule has 9 heteroatoms. The third-order valence-corrected chi connectivity index (χ3v) is 7.86. The summed E-state index contributed by atoms with van der Waals surface area (Å²) >= 11 is 0. The van der Waals surface area contributed by atoms with Gasteiger partial charge in [-0.05, 0) is 61.7 Å². The van der Waals surface area contributed by atoms with Gasteiger partial charge in [0.2, 0.25) is 21.8 Å². The van der Waals surface area contributed by atoms with E-state index in [-0.39, 0.29) is 29.6 Å². The maximum absolute atomic E-state index is 13.1. The Bertz CT molecular complexity index is 1150. The molecule has 0 radical (unpaired) electrons. The van der Waals surface area contributed by atoms with Crippen LogP contribution >= 0.6 is 0 Å². The Morgan fingerprint density at radius 1 is 0.906 bits per heavy atom. The second-order valence-corrected chi connectivity index (χ2v) is 9.98. The molecule has 2 saturated heterocycles. The van der Waals surface area contributed by atoms with Gasteiger partial charge in [0.05, 0.1) is 10.6 Å². The van der Waals surface area contributed by atoms with E-state index >= 15 is 0 Å². The molecule has 2 fully saturated rings. The summed E-state index contributed by atoms with van der Waals surface area (Å²) in [5.74, 6) is -0.926. The van der Waals surface area contributed by atoms with Crippen molar-refractivity contribution in [2.75, 3.05) is 23.3 Å². The summed E-state index contributed by atoms with van der Waals surface area (Å²) < 4.78 is 27.7. The zero-order valence-corrected chi connectivity index (χ0v) is 18.7. The number of nitrogens with one attached hydrogen (secondary N) is 1. The molecular weight excluding hydrogens is 430 g/mol. The van der Waals surface area contributed by atoms with Gasteiger partial charge in [-0.1, -0.05) is 12.5 Å². The number of aryl methyl sites for hydroxylation is 1. The molecule has 1 N–H and O–H groups in total. The Morgan fingerprint density at radius 2 is 1.53 bits per heavy atom. The molecule has 2 aromatic rings. The molecule has 4 rings (SSSR count). The molecule has 0 spiro atoms. The molecule has 3 amide bonds. The minimum Gasteiger partial charge on any atom is -0.322 e. The molecule has 2 aromatic carbocycles.